The molecule has 88 valence electrons. The highest BCUT2D eigenvalue weighted by Gasteiger charge is 2.09. The van der Waals surface area contributed by atoms with Crippen LogP contribution in [0.15, 0.2) is 24.8 Å². The number of fused-ring (bicyclic) bond motifs is 1. The fourth-order valence-electron chi connectivity index (χ4n) is 1.25. The molecule has 0 fully saturated rings. The molecule has 0 radical (unpaired) electrons. The van der Waals surface area contributed by atoms with E-state index in [4.69, 9.17) is 5.73 Å². The Labute approximate surface area is 106 Å². The lowest BCUT2D eigenvalue weighted by atomic mass is 10.3. The van der Waals surface area contributed by atoms with E-state index in [1.165, 1.54) is 23.1 Å². The zero-order valence-corrected chi connectivity index (χ0v) is 10.5. The van der Waals surface area contributed by atoms with Gasteiger partial charge in [0, 0.05) is 4.91 Å². The average molecular weight is 266 g/mol. The summed E-state index contributed by atoms with van der Waals surface area (Å²) in [5.41, 5.74) is 5.87. The summed E-state index contributed by atoms with van der Waals surface area (Å²) in [6.45, 7) is 3.86. The third-order valence-corrected chi connectivity index (χ3v) is 4.18. The summed E-state index contributed by atoms with van der Waals surface area (Å²) in [6, 6.07) is 4.99. The fraction of sp³-hybridized carbons (Fsp3) is 0.0909. The van der Waals surface area contributed by atoms with Crippen molar-refractivity contribution in [2.24, 2.45) is 5.73 Å². The lowest BCUT2D eigenvalue weighted by Crippen LogP contribution is -2.12. The summed E-state index contributed by atoms with van der Waals surface area (Å²) in [5, 5.41) is 10.1. The van der Waals surface area contributed by atoms with Crippen molar-refractivity contribution in [3.8, 4) is 5.75 Å². The number of aromatic hydroxyl groups is 1. The molecule has 1 aromatic carbocycles. The number of benzene rings is 1. The first-order chi connectivity index (χ1) is 8.06. The van der Waals surface area contributed by atoms with Crippen LogP contribution in [0.2, 0.25) is 0 Å². The highest BCUT2D eigenvalue weighted by molar-refractivity contribution is 8.09. The Bertz CT molecular complexity index is 592. The summed E-state index contributed by atoms with van der Waals surface area (Å²) in [5.74, 6) is 0.0259. The molecule has 17 heavy (non-hydrogen) atoms. The van der Waals surface area contributed by atoms with Crippen LogP contribution in [-0.2, 0) is 4.79 Å². The Balaban J connectivity index is 2.24. The van der Waals surface area contributed by atoms with Crippen molar-refractivity contribution in [1.29, 1.82) is 0 Å². The number of thiazole rings is 1. The molecule has 0 atom stereocenters. The molecule has 2 rings (SSSR count). The van der Waals surface area contributed by atoms with Gasteiger partial charge < -0.3 is 10.8 Å². The van der Waals surface area contributed by atoms with Gasteiger partial charge in [-0.2, -0.15) is 0 Å². The summed E-state index contributed by atoms with van der Waals surface area (Å²) in [7, 11) is 0. The molecule has 0 bridgehead atoms. The monoisotopic (exact) mass is 266 g/mol. The predicted octanol–water partition coefficient (Wildman–Crippen LogP) is 2.19. The number of nitrogens with two attached hydrogens (primary N) is 1. The average Bonchev–Trinajstić information content (AvgIpc) is 2.68. The second-order valence-corrected chi connectivity index (χ2v) is 5.45. The maximum absolute atomic E-state index is 10.7. The third-order valence-electron chi connectivity index (χ3n) is 2.00. The molecule has 1 amide bonds. The lowest BCUT2D eigenvalue weighted by molar-refractivity contribution is -0.115. The quantitative estimate of drug-likeness (QED) is 0.889. The van der Waals surface area contributed by atoms with Crippen LogP contribution in [-0.4, -0.2) is 21.8 Å². The van der Waals surface area contributed by atoms with E-state index in [2.05, 4.69) is 11.6 Å². The number of thioether (sulfide) groups is 1. The van der Waals surface area contributed by atoms with Gasteiger partial charge in [0.1, 0.15) is 10.8 Å². The van der Waals surface area contributed by atoms with Gasteiger partial charge in [0.15, 0.2) is 0 Å². The van der Waals surface area contributed by atoms with Crippen LogP contribution in [0.3, 0.4) is 0 Å². The highest BCUT2D eigenvalue weighted by atomic mass is 32.2. The number of carbonyl (C=O) groups is 1. The summed E-state index contributed by atoms with van der Waals surface area (Å²) in [6.07, 6.45) is 0. The van der Waals surface area contributed by atoms with Gasteiger partial charge in [-0.15, -0.1) is 23.1 Å². The number of phenolic OH excluding ortho intramolecular Hbond substituents is 1. The maximum Gasteiger partial charge on any atom is 0.227 e. The molecule has 1 aromatic heterocycles. The van der Waals surface area contributed by atoms with E-state index in [0.29, 0.717) is 4.91 Å². The van der Waals surface area contributed by atoms with E-state index in [-0.39, 0.29) is 17.4 Å². The standard InChI is InChI=1S/C11H10N2O2S2/c1-6(16-5-10(12)15)11-13-8-3-2-7(14)4-9(8)17-11/h2-4,14H,1,5H2,(H2,12,15). The maximum atomic E-state index is 10.7. The normalized spacial score (nSPS) is 10.6. The molecule has 4 nitrogen and oxygen atoms in total. The van der Waals surface area contributed by atoms with Crippen molar-refractivity contribution in [1.82, 2.24) is 4.98 Å². The summed E-state index contributed by atoms with van der Waals surface area (Å²) >= 11 is 2.70. The van der Waals surface area contributed by atoms with E-state index >= 15 is 0 Å². The molecule has 0 spiro atoms. The van der Waals surface area contributed by atoms with E-state index in [1.807, 2.05) is 0 Å². The van der Waals surface area contributed by atoms with Gasteiger partial charge in [-0.25, -0.2) is 4.98 Å². The van der Waals surface area contributed by atoms with E-state index < -0.39 is 0 Å². The van der Waals surface area contributed by atoms with Crippen LogP contribution in [0.1, 0.15) is 5.01 Å². The molecule has 0 saturated heterocycles. The topological polar surface area (TPSA) is 76.2 Å². The van der Waals surface area contributed by atoms with Gasteiger partial charge in [-0.05, 0) is 18.2 Å². The number of carbonyl (C=O) groups excluding carboxylic acids is 1. The third kappa shape index (κ3) is 2.78. The minimum atomic E-state index is -0.380. The van der Waals surface area contributed by atoms with Crippen LogP contribution >= 0.6 is 23.1 Å². The van der Waals surface area contributed by atoms with Gasteiger partial charge in [0.25, 0.3) is 0 Å². The van der Waals surface area contributed by atoms with Gasteiger partial charge in [-0.3, -0.25) is 4.79 Å². The summed E-state index contributed by atoms with van der Waals surface area (Å²) < 4.78 is 0.890. The Morgan fingerprint density at radius 1 is 1.59 bits per heavy atom. The van der Waals surface area contributed by atoms with Gasteiger partial charge in [0.05, 0.1) is 16.0 Å². The smallest absolute Gasteiger partial charge is 0.227 e. The van der Waals surface area contributed by atoms with Crippen LogP contribution in [0.4, 0.5) is 0 Å². The van der Waals surface area contributed by atoms with E-state index in [0.717, 1.165) is 15.2 Å². The van der Waals surface area contributed by atoms with E-state index in [9.17, 15) is 9.90 Å². The molecular formula is C11H10N2O2S2. The number of phenols is 1. The van der Waals surface area contributed by atoms with E-state index in [1.54, 1.807) is 18.2 Å². The number of nitrogens with zero attached hydrogens (tertiary/aromatic N) is 1. The van der Waals surface area contributed by atoms with Crippen molar-refractivity contribution < 1.29 is 9.90 Å². The van der Waals surface area contributed by atoms with Crippen molar-refractivity contribution in [3.63, 3.8) is 0 Å². The minimum Gasteiger partial charge on any atom is -0.508 e. The Morgan fingerprint density at radius 3 is 3.06 bits per heavy atom. The predicted molar refractivity (Wildman–Crippen MR) is 72.0 cm³/mol. The number of hydrogen-bond donors (Lipinski definition) is 2. The molecule has 6 heteroatoms. The molecule has 2 aromatic rings. The molecule has 0 unspecified atom stereocenters. The largest absolute Gasteiger partial charge is 0.508 e. The minimum absolute atomic E-state index is 0.194. The Morgan fingerprint density at radius 2 is 2.35 bits per heavy atom. The first-order valence-electron chi connectivity index (χ1n) is 4.76. The molecule has 0 aliphatic rings. The van der Waals surface area contributed by atoms with Crippen molar-refractivity contribution in [3.05, 3.63) is 29.8 Å². The van der Waals surface area contributed by atoms with Crippen molar-refractivity contribution in [2.75, 3.05) is 5.75 Å². The zero-order chi connectivity index (χ0) is 12.4. The first kappa shape index (κ1) is 11.9. The zero-order valence-electron chi connectivity index (χ0n) is 8.84. The number of hydrogen-bond acceptors (Lipinski definition) is 5. The number of rotatable bonds is 4. The molecule has 0 aliphatic carbocycles. The van der Waals surface area contributed by atoms with Gasteiger partial charge >= 0.3 is 0 Å². The van der Waals surface area contributed by atoms with Crippen LogP contribution in [0.5, 0.6) is 5.75 Å². The Kier molecular flexibility index (Phi) is 3.35. The summed E-state index contributed by atoms with van der Waals surface area (Å²) in [4.78, 5) is 15.7. The molecular weight excluding hydrogens is 256 g/mol. The van der Waals surface area contributed by atoms with Gasteiger partial charge in [0.2, 0.25) is 5.91 Å². The number of amides is 1. The van der Waals surface area contributed by atoms with Crippen molar-refractivity contribution >= 4 is 44.1 Å². The van der Waals surface area contributed by atoms with Gasteiger partial charge in [-0.1, -0.05) is 6.58 Å². The van der Waals surface area contributed by atoms with Crippen molar-refractivity contribution in [2.45, 2.75) is 0 Å². The first-order valence-corrected chi connectivity index (χ1v) is 6.56. The molecule has 0 saturated carbocycles. The van der Waals surface area contributed by atoms with Crippen LogP contribution in [0, 0.1) is 0 Å². The fourth-order valence-corrected chi connectivity index (χ4v) is 2.90. The SMILES string of the molecule is C=C(SCC(N)=O)c1nc2ccc(O)cc2s1. The number of primary amides is 1. The molecule has 3 N–H and O–H groups in total. The number of aromatic nitrogens is 1. The molecule has 1 heterocycles. The lowest BCUT2D eigenvalue weighted by Gasteiger charge is -1.97. The van der Waals surface area contributed by atoms with Crippen LogP contribution in [0.25, 0.3) is 15.1 Å². The second-order valence-electron chi connectivity index (χ2n) is 3.35. The highest BCUT2D eigenvalue weighted by Crippen LogP contribution is 2.33. The Hall–Kier alpha value is -1.53. The molecule has 0 aliphatic heterocycles. The van der Waals surface area contributed by atoms with Crippen LogP contribution < -0.4 is 5.73 Å². The second kappa shape index (κ2) is 4.77.